The Bertz CT molecular complexity index is 513. The van der Waals surface area contributed by atoms with Crippen molar-refractivity contribution < 1.29 is 4.74 Å². The highest BCUT2D eigenvalue weighted by Crippen LogP contribution is 2.34. The summed E-state index contributed by atoms with van der Waals surface area (Å²) in [7, 11) is 1.72. The minimum atomic E-state index is 0.187. The molecular formula is C15H18BrNOS. The smallest absolute Gasteiger partial charge is 0.124 e. The molecule has 1 N–H and O–H groups in total. The van der Waals surface area contributed by atoms with E-state index in [1.54, 1.807) is 18.4 Å². The third-order valence-corrected chi connectivity index (χ3v) is 4.36. The number of hydrogen-bond acceptors (Lipinski definition) is 3. The Morgan fingerprint density at radius 2 is 2.21 bits per heavy atom. The molecule has 19 heavy (non-hydrogen) atoms. The molecule has 0 aliphatic heterocycles. The number of hydrogen-bond donors (Lipinski definition) is 1. The summed E-state index contributed by atoms with van der Waals surface area (Å²) in [4.78, 5) is 1.31. The van der Waals surface area contributed by atoms with E-state index in [4.69, 9.17) is 4.74 Å². The third-order valence-electron chi connectivity index (χ3n) is 2.93. The van der Waals surface area contributed by atoms with Crippen LogP contribution in [0.4, 0.5) is 0 Å². The first-order valence-corrected chi connectivity index (χ1v) is 8.03. The van der Waals surface area contributed by atoms with Crippen molar-refractivity contribution >= 4 is 27.3 Å². The Balaban J connectivity index is 2.39. The maximum Gasteiger partial charge on any atom is 0.124 e. The van der Waals surface area contributed by atoms with E-state index >= 15 is 0 Å². The lowest BCUT2D eigenvalue weighted by atomic mass is 10.0. The number of rotatable bonds is 6. The van der Waals surface area contributed by atoms with E-state index in [0.717, 1.165) is 23.2 Å². The Morgan fingerprint density at radius 1 is 1.37 bits per heavy atom. The van der Waals surface area contributed by atoms with Gasteiger partial charge in [0.05, 0.1) is 13.2 Å². The molecule has 0 radical (unpaired) electrons. The van der Waals surface area contributed by atoms with Crippen molar-refractivity contribution in [3.63, 3.8) is 0 Å². The molecule has 0 bridgehead atoms. The number of nitrogens with one attached hydrogen (secondary N) is 1. The fraction of sp³-hybridized carbons (Fsp3) is 0.333. The lowest BCUT2D eigenvalue weighted by molar-refractivity contribution is 0.404. The predicted octanol–water partition coefficient (Wildman–Crippen LogP) is 4.61. The van der Waals surface area contributed by atoms with Gasteiger partial charge in [0.2, 0.25) is 0 Å². The molecular weight excluding hydrogens is 322 g/mol. The van der Waals surface area contributed by atoms with Gasteiger partial charge < -0.3 is 10.1 Å². The maximum atomic E-state index is 5.50. The quantitative estimate of drug-likeness (QED) is 0.829. The van der Waals surface area contributed by atoms with Gasteiger partial charge in [0.15, 0.2) is 0 Å². The van der Waals surface area contributed by atoms with Gasteiger partial charge >= 0.3 is 0 Å². The number of ether oxygens (including phenoxy) is 1. The first-order chi connectivity index (χ1) is 9.26. The van der Waals surface area contributed by atoms with Crippen LogP contribution >= 0.6 is 27.3 Å². The molecule has 0 aliphatic carbocycles. The lowest BCUT2D eigenvalue weighted by Crippen LogP contribution is -2.22. The minimum Gasteiger partial charge on any atom is -0.496 e. The molecule has 1 aromatic carbocycles. The van der Waals surface area contributed by atoms with Crippen LogP contribution in [-0.2, 0) is 0 Å². The lowest BCUT2D eigenvalue weighted by Gasteiger charge is -2.20. The van der Waals surface area contributed by atoms with Gasteiger partial charge in [-0.2, -0.15) is 0 Å². The van der Waals surface area contributed by atoms with E-state index in [0.29, 0.717) is 0 Å². The SMILES string of the molecule is CCCNC(c1cccs1)c1cc(Br)ccc1OC. The first-order valence-electron chi connectivity index (χ1n) is 6.36. The van der Waals surface area contributed by atoms with Crippen LogP contribution in [0.3, 0.4) is 0 Å². The molecule has 0 aliphatic rings. The highest BCUT2D eigenvalue weighted by atomic mass is 79.9. The van der Waals surface area contributed by atoms with Gasteiger partial charge in [-0.25, -0.2) is 0 Å². The van der Waals surface area contributed by atoms with E-state index in [-0.39, 0.29) is 6.04 Å². The average Bonchev–Trinajstić information content (AvgIpc) is 2.93. The highest BCUT2D eigenvalue weighted by Gasteiger charge is 2.18. The molecule has 0 saturated heterocycles. The predicted molar refractivity (Wildman–Crippen MR) is 85.1 cm³/mol. The maximum absolute atomic E-state index is 5.50. The number of halogens is 1. The van der Waals surface area contributed by atoms with E-state index in [1.807, 2.05) is 12.1 Å². The molecule has 0 fully saturated rings. The molecule has 2 aromatic rings. The van der Waals surface area contributed by atoms with Gasteiger partial charge in [-0.15, -0.1) is 11.3 Å². The fourth-order valence-corrected chi connectivity index (χ4v) is 3.24. The monoisotopic (exact) mass is 339 g/mol. The normalized spacial score (nSPS) is 12.4. The Hall–Kier alpha value is -0.840. The zero-order valence-corrected chi connectivity index (χ0v) is 13.6. The Morgan fingerprint density at radius 3 is 2.84 bits per heavy atom. The van der Waals surface area contributed by atoms with Crippen LogP contribution in [-0.4, -0.2) is 13.7 Å². The van der Waals surface area contributed by atoms with Crippen molar-refractivity contribution in [3.8, 4) is 5.75 Å². The van der Waals surface area contributed by atoms with E-state index in [2.05, 4.69) is 51.7 Å². The number of benzene rings is 1. The highest BCUT2D eigenvalue weighted by molar-refractivity contribution is 9.10. The molecule has 1 aromatic heterocycles. The van der Waals surface area contributed by atoms with Crippen molar-refractivity contribution in [3.05, 3.63) is 50.6 Å². The zero-order chi connectivity index (χ0) is 13.7. The fourth-order valence-electron chi connectivity index (χ4n) is 2.04. The van der Waals surface area contributed by atoms with Crippen LogP contribution < -0.4 is 10.1 Å². The van der Waals surface area contributed by atoms with Crippen LogP contribution in [0, 0.1) is 0 Å². The summed E-state index contributed by atoms with van der Waals surface area (Å²) < 4.78 is 6.58. The second kappa shape index (κ2) is 7.08. The number of methoxy groups -OCH3 is 1. The summed E-state index contributed by atoms with van der Waals surface area (Å²) in [6.45, 7) is 3.16. The Labute approximate surface area is 126 Å². The molecule has 4 heteroatoms. The van der Waals surface area contributed by atoms with Gasteiger partial charge in [0.1, 0.15) is 5.75 Å². The number of thiophene rings is 1. The van der Waals surface area contributed by atoms with Gasteiger partial charge in [-0.3, -0.25) is 0 Å². The minimum absolute atomic E-state index is 0.187. The molecule has 1 unspecified atom stereocenters. The summed E-state index contributed by atoms with van der Waals surface area (Å²) in [5, 5.41) is 5.71. The summed E-state index contributed by atoms with van der Waals surface area (Å²) >= 11 is 5.31. The summed E-state index contributed by atoms with van der Waals surface area (Å²) in [6, 6.07) is 10.6. The molecule has 2 nitrogen and oxygen atoms in total. The van der Waals surface area contributed by atoms with Crippen LogP contribution in [0.2, 0.25) is 0 Å². The molecule has 1 heterocycles. The van der Waals surface area contributed by atoms with Crippen molar-refractivity contribution in [1.82, 2.24) is 5.32 Å². The zero-order valence-electron chi connectivity index (χ0n) is 11.2. The second-order valence-electron chi connectivity index (χ2n) is 4.29. The van der Waals surface area contributed by atoms with E-state index < -0.39 is 0 Å². The van der Waals surface area contributed by atoms with Gasteiger partial charge in [0.25, 0.3) is 0 Å². The van der Waals surface area contributed by atoms with Gasteiger partial charge in [0, 0.05) is 14.9 Å². The molecule has 1 atom stereocenters. The average molecular weight is 340 g/mol. The summed E-state index contributed by atoms with van der Waals surface area (Å²) in [5.41, 5.74) is 1.17. The Kier molecular flexibility index (Phi) is 5.43. The summed E-state index contributed by atoms with van der Waals surface area (Å²) in [5.74, 6) is 0.921. The van der Waals surface area contributed by atoms with E-state index in [9.17, 15) is 0 Å². The molecule has 0 saturated carbocycles. The third kappa shape index (κ3) is 3.59. The summed E-state index contributed by atoms with van der Waals surface area (Å²) in [6.07, 6.45) is 1.11. The van der Waals surface area contributed by atoms with Crippen molar-refractivity contribution in [2.45, 2.75) is 19.4 Å². The first kappa shape index (κ1) is 14.6. The molecule has 102 valence electrons. The molecule has 0 spiro atoms. The van der Waals surface area contributed by atoms with Crippen LogP contribution in [0.1, 0.15) is 29.8 Å². The standard InChI is InChI=1S/C15H18BrNOS/c1-3-8-17-15(14-5-4-9-19-14)12-10-11(16)6-7-13(12)18-2/h4-7,9-10,15,17H,3,8H2,1-2H3. The largest absolute Gasteiger partial charge is 0.496 e. The van der Waals surface area contributed by atoms with Crippen molar-refractivity contribution in [2.24, 2.45) is 0 Å². The molecule has 0 amide bonds. The van der Waals surface area contributed by atoms with Crippen LogP contribution in [0.15, 0.2) is 40.2 Å². The topological polar surface area (TPSA) is 21.3 Å². The van der Waals surface area contributed by atoms with Crippen LogP contribution in [0.5, 0.6) is 5.75 Å². The van der Waals surface area contributed by atoms with Gasteiger partial charge in [-0.1, -0.05) is 28.9 Å². The van der Waals surface area contributed by atoms with E-state index in [1.165, 1.54) is 10.4 Å². The second-order valence-corrected chi connectivity index (χ2v) is 6.18. The van der Waals surface area contributed by atoms with Crippen LogP contribution in [0.25, 0.3) is 0 Å². The molecule has 2 rings (SSSR count). The van der Waals surface area contributed by atoms with Gasteiger partial charge in [-0.05, 0) is 42.6 Å². The van der Waals surface area contributed by atoms with Crippen molar-refractivity contribution in [2.75, 3.05) is 13.7 Å². The van der Waals surface area contributed by atoms with Crippen molar-refractivity contribution in [1.29, 1.82) is 0 Å².